The molecule has 0 bridgehead atoms. The molecule has 0 aromatic carbocycles. The summed E-state index contributed by atoms with van der Waals surface area (Å²) in [5.74, 6) is 0.382. The van der Waals surface area contributed by atoms with E-state index in [1.807, 2.05) is 0 Å². The van der Waals surface area contributed by atoms with E-state index in [-0.39, 0.29) is 0 Å². The molecule has 2 unspecified atom stereocenters. The minimum absolute atomic E-state index is 0.382. The van der Waals surface area contributed by atoms with Crippen molar-refractivity contribution >= 4 is 34.8 Å². The first-order chi connectivity index (χ1) is 5.06. The second-order valence-corrected chi connectivity index (χ2v) is 3.68. The van der Waals surface area contributed by atoms with Gasteiger partial charge in [0.2, 0.25) is 0 Å². The van der Waals surface area contributed by atoms with Crippen LogP contribution in [-0.4, -0.2) is 21.4 Å². The molecule has 0 aromatic heterocycles. The van der Waals surface area contributed by atoms with E-state index in [1.165, 1.54) is 6.08 Å². The van der Waals surface area contributed by atoms with Crippen molar-refractivity contribution in [2.45, 2.75) is 10.4 Å². The van der Waals surface area contributed by atoms with Gasteiger partial charge in [-0.15, -0.1) is 23.2 Å². The molecule has 0 saturated heterocycles. The van der Waals surface area contributed by atoms with Crippen molar-refractivity contribution in [1.29, 1.82) is 0 Å². The number of aliphatic hydroxyl groups is 1. The number of allylic oxidation sites excluding steroid dienone is 2. The highest BCUT2D eigenvalue weighted by Crippen LogP contribution is 2.29. The van der Waals surface area contributed by atoms with Crippen molar-refractivity contribution in [1.82, 2.24) is 0 Å². The van der Waals surface area contributed by atoms with Crippen LogP contribution in [0.25, 0.3) is 0 Å². The lowest BCUT2D eigenvalue weighted by Gasteiger charge is -2.23. The summed E-state index contributed by atoms with van der Waals surface area (Å²) >= 11 is 16.8. The quantitative estimate of drug-likeness (QED) is 0.663. The molecule has 0 radical (unpaired) electrons. The molecule has 0 heterocycles. The molecule has 1 rings (SSSR count). The highest BCUT2D eigenvalue weighted by Gasteiger charge is 2.31. The first kappa shape index (κ1) is 9.40. The Morgan fingerprint density at radius 3 is 2.73 bits per heavy atom. The smallest absolute Gasteiger partial charge is 0.177 e. The van der Waals surface area contributed by atoms with Gasteiger partial charge in [0.15, 0.2) is 5.06 Å². The predicted octanol–water partition coefficient (Wildman–Crippen LogP) is 2.26. The van der Waals surface area contributed by atoms with Gasteiger partial charge in [0, 0.05) is 5.88 Å². The van der Waals surface area contributed by atoms with Crippen molar-refractivity contribution in [3.05, 3.63) is 23.8 Å². The lowest BCUT2D eigenvalue weighted by molar-refractivity contribution is 0.184. The molecule has 4 heteroatoms. The van der Waals surface area contributed by atoms with Gasteiger partial charge in [0.1, 0.15) is 0 Å². The van der Waals surface area contributed by atoms with Crippen LogP contribution in [0.2, 0.25) is 0 Å². The van der Waals surface area contributed by atoms with Gasteiger partial charge >= 0.3 is 0 Å². The molecule has 62 valence electrons. The summed E-state index contributed by atoms with van der Waals surface area (Å²) in [4.78, 5) is 0. The van der Waals surface area contributed by atoms with Gasteiger partial charge in [-0.1, -0.05) is 23.8 Å². The van der Waals surface area contributed by atoms with Crippen LogP contribution in [0.5, 0.6) is 0 Å². The van der Waals surface area contributed by atoms with E-state index in [4.69, 9.17) is 34.8 Å². The number of halogens is 3. The topological polar surface area (TPSA) is 20.2 Å². The van der Waals surface area contributed by atoms with Gasteiger partial charge in [0.05, 0.1) is 5.38 Å². The average Bonchev–Trinajstić information content (AvgIpc) is 1.95. The van der Waals surface area contributed by atoms with E-state index < -0.39 is 10.4 Å². The first-order valence-corrected chi connectivity index (χ1v) is 4.42. The van der Waals surface area contributed by atoms with E-state index in [0.29, 0.717) is 5.88 Å². The highest BCUT2D eigenvalue weighted by molar-refractivity contribution is 6.33. The van der Waals surface area contributed by atoms with E-state index in [9.17, 15) is 5.11 Å². The third kappa shape index (κ3) is 2.12. The molecule has 0 amide bonds. The fourth-order valence-corrected chi connectivity index (χ4v) is 1.30. The molecule has 11 heavy (non-hydrogen) atoms. The van der Waals surface area contributed by atoms with Crippen molar-refractivity contribution in [3.63, 3.8) is 0 Å². The lowest BCUT2D eigenvalue weighted by Crippen LogP contribution is -2.31. The third-order valence-corrected chi connectivity index (χ3v) is 2.67. The Bertz CT molecular complexity index is 208. The van der Waals surface area contributed by atoms with Crippen molar-refractivity contribution in [3.8, 4) is 0 Å². The van der Waals surface area contributed by atoms with Crippen LogP contribution < -0.4 is 0 Å². The molecule has 2 atom stereocenters. The number of hydrogen-bond donors (Lipinski definition) is 1. The molecule has 0 fully saturated rings. The second-order valence-electron chi connectivity index (χ2n) is 2.34. The van der Waals surface area contributed by atoms with Crippen LogP contribution >= 0.6 is 34.8 Å². The van der Waals surface area contributed by atoms with Gasteiger partial charge in [0.25, 0.3) is 0 Å². The second kappa shape index (κ2) is 3.36. The minimum atomic E-state index is -1.46. The van der Waals surface area contributed by atoms with E-state index in [2.05, 4.69) is 0 Å². The Morgan fingerprint density at radius 1 is 1.64 bits per heavy atom. The van der Waals surface area contributed by atoms with Gasteiger partial charge in [-0.25, -0.2) is 0 Å². The standard InChI is InChI=1S/C7H7Cl3O/c8-4-5-1-2-7(10,11)6(9)3-5/h1-3,6,11H,4H2. The number of hydrogen-bond acceptors (Lipinski definition) is 1. The summed E-state index contributed by atoms with van der Waals surface area (Å²) in [6.45, 7) is 0. The monoisotopic (exact) mass is 212 g/mol. The molecule has 1 aliphatic rings. The fourth-order valence-electron chi connectivity index (χ4n) is 0.765. The molecule has 1 nitrogen and oxygen atoms in total. The van der Waals surface area contributed by atoms with Gasteiger partial charge in [-0.2, -0.15) is 0 Å². The van der Waals surface area contributed by atoms with Crippen LogP contribution in [0.15, 0.2) is 23.8 Å². The Labute approximate surface area is 80.2 Å². The van der Waals surface area contributed by atoms with Crippen molar-refractivity contribution < 1.29 is 5.11 Å². The Kier molecular flexibility index (Phi) is 2.87. The summed E-state index contributed by atoms with van der Waals surface area (Å²) in [5, 5.41) is 7.25. The Balaban J connectivity index is 2.80. The van der Waals surface area contributed by atoms with Crippen molar-refractivity contribution in [2.75, 3.05) is 5.88 Å². The van der Waals surface area contributed by atoms with E-state index >= 15 is 0 Å². The Morgan fingerprint density at radius 2 is 2.27 bits per heavy atom. The van der Waals surface area contributed by atoms with Crippen LogP contribution in [0.3, 0.4) is 0 Å². The first-order valence-electron chi connectivity index (χ1n) is 3.07. The molecule has 1 N–H and O–H groups in total. The zero-order valence-corrected chi connectivity index (χ0v) is 7.87. The summed E-state index contributed by atoms with van der Waals surface area (Å²) < 4.78 is 0. The minimum Gasteiger partial charge on any atom is -0.370 e. The van der Waals surface area contributed by atoms with Gasteiger partial charge < -0.3 is 5.11 Å². The average molecular weight is 213 g/mol. The van der Waals surface area contributed by atoms with Gasteiger partial charge in [-0.3, -0.25) is 0 Å². The third-order valence-electron chi connectivity index (χ3n) is 1.43. The maximum atomic E-state index is 9.32. The van der Waals surface area contributed by atoms with Crippen LogP contribution in [0.1, 0.15) is 0 Å². The number of alkyl halides is 3. The summed E-state index contributed by atoms with van der Waals surface area (Å²) in [5.41, 5.74) is 0.872. The normalized spacial score (nSPS) is 37.1. The number of rotatable bonds is 1. The van der Waals surface area contributed by atoms with Crippen LogP contribution in [0, 0.1) is 0 Å². The SMILES string of the molecule is OC1(Cl)C=CC(CCl)=CC1Cl. The molecule has 0 aromatic rings. The Hall–Kier alpha value is 0.310. The molecule has 0 saturated carbocycles. The molecular weight excluding hydrogens is 206 g/mol. The zero-order valence-electron chi connectivity index (χ0n) is 5.60. The largest absolute Gasteiger partial charge is 0.370 e. The molecular formula is C7H7Cl3O. The summed E-state index contributed by atoms with van der Waals surface area (Å²) in [7, 11) is 0. The van der Waals surface area contributed by atoms with Crippen LogP contribution in [0.4, 0.5) is 0 Å². The lowest BCUT2D eigenvalue weighted by atomic mass is 10.1. The molecule has 1 aliphatic carbocycles. The highest BCUT2D eigenvalue weighted by atomic mass is 35.5. The van der Waals surface area contributed by atoms with E-state index in [1.54, 1.807) is 12.2 Å². The fraction of sp³-hybridized carbons (Fsp3) is 0.429. The van der Waals surface area contributed by atoms with Crippen molar-refractivity contribution in [2.24, 2.45) is 0 Å². The molecule has 0 spiro atoms. The zero-order chi connectivity index (χ0) is 8.48. The molecule has 0 aliphatic heterocycles. The van der Waals surface area contributed by atoms with Gasteiger partial charge in [-0.05, 0) is 11.6 Å². The summed E-state index contributed by atoms with van der Waals surface area (Å²) in [6, 6.07) is 0. The maximum absolute atomic E-state index is 9.32. The van der Waals surface area contributed by atoms with Crippen LogP contribution in [-0.2, 0) is 0 Å². The predicted molar refractivity (Wildman–Crippen MR) is 48.4 cm³/mol. The van der Waals surface area contributed by atoms with E-state index in [0.717, 1.165) is 5.57 Å². The summed E-state index contributed by atoms with van der Waals surface area (Å²) in [6.07, 6.45) is 4.74. The maximum Gasteiger partial charge on any atom is 0.177 e.